The van der Waals surface area contributed by atoms with Gasteiger partial charge in [0.15, 0.2) is 0 Å². The third-order valence-electron chi connectivity index (χ3n) is 3.31. The fourth-order valence-electron chi connectivity index (χ4n) is 2.26. The van der Waals surface area contributed by atoms with E-state index >= 15 is 0 Å². The minimum Gasteiger partial charge on any atom is -0.384 e. The van der Waals surface area contributed by atoms with Gasteiger partial charge < -0.3 is 10.1 Å². The lowest BCUT2D eigenvalue weighted by Crippen LogP contribution is -2.21. The van der Waals surface area contributed by atoms with Crippen molar-refractivity contribution in [3.05, 3.63) is 54.6 Å². The van der Waals surface area contributed by atoms with Crippen molar-refractivity contribution in [1.82, 2.24) is 5.32 Å². The highest BCUT2D eigenvalue weighted by atomic mass is 79.9. The summed E-state index contributed by atoms with van der Waals surface area (Å²) in [5.74, 6) is 0. The Balaban J connectivity index is 2.24. The summed E-state index contributed by atoms with van der Waals surface area (Å²) in [7, 11) is 1.74. The predicted molar refractivity (Wildman–Crippen MR) is 97.3 cm³/mol. The number of ether oxygens (including phenoxy) is 1. The molecule has 0 radical (unpaired) electrons. The second-order valence-electron chi connectivity index (χ2n) is 4.75. The largest absolute Gasteiger partial charge is 0.384 e. The van der Waals surface area contributed by atoms with Crippen LogP contribution in [0.2, 0.25) is 0 Å². The number of methoxy groups -OCH3 is 1. The Morgan fingerprint density at radius 3 is 2.48 bits per heavy atom. The average molecular weight is 433 g/mol. The molecular weight excluding hydrogens is 414 g/mol. The smallest absolute Gasteiger partial charge is 0.0761 e. The van der Waals surface area contributed by atoms with E-state index in [0.29, 0.717) is 0 Å². The number of halogens is 2. The van der Waals surface area contributed by atoms with Crippen LogP contribution in [0, 0.1) is 0 Å². The first kappa shape index (κ1) is 17.2. The number of benzene rings is 1. The van der Waals surface area contributed by atoms with Crippen LogP contribution in [0.3, 0.4) is 0 Å². The van der Waals surface area contributed by atoms with Crippen LogP contribution in [-0.2, 0) is 11.2 Å². The molecule has 2 nitrogen and oxygen atoms in total. The second-order valence-corrected chi connectivity index (χ2v) is 8.50. The van der Waals surface area contributed by atoms with Gasteiger partial charge in [0.1, 0.15) is 0 Å². The summed E-state index contributed by atoms with van der Waals surface area (Å²) in [6.45, 7) is 3.82. The van der Waals surface area contributed by atoms with Gasteiger partial charge >= 0.3 is 0 Å². The SMILES string of the molecule is CCNC(c1ccc(CCOC)cc1)c1cc(Br)sc1Br. The molecule has 21 heavy (non-hydrogen) atoms. The zero-order valence-corrected chi connectivity index (χ0v) is 16.1. The first-order chi connectivity index (χ1) is 10.2. The quantitative estimate of drug-likeness (QED) is 0.652. The Morgan fingerprint density at radius 2 is 1.95 bits per heavy atom. The minimum atomic E-state index is 0.211. The molecule has 2 rings (SSSR count). The zero-order chi connectivity index (χ0) is 15.2. The van der Waals surface area contributed by atoms with E-state index in [1.165, 1.54) is 20.5 Å². The molecule has 0 aliphatic carbocycles. The monoisotopic (exact) mass is 431 g/mol. The molecule has 0 amide bonds. The molecule has 0 saturated heterocycles. The highest BCUT2D eigenvalue weighted by molar-refractivity contribution is 9.12. The van der Waals surface area contributed by atoms with Gasteiger partial charge in [-0.2, -0.15) is 0 Å². The van der Waals surface area contributed by atoms with Crippen LogP contribution < -0.4 is 5.32 Å². The van der Waals surface area contributed by atoms with Crippen molar-refractivity contribution in [2.45, 2.75) is 19.4 Å². The molecule has 1 aromatic heterocycles. The van der Waals surface area contributed by atoms with Crippen LogP contribution in [0.15, 0.2) is 37.9 Å². The Hall–Kier alpha value is -0.200. The van der Waals surface area contributed by atoms with Gasteiger partial charge in [-0.1, -0.05) is 31.2 Å². The highest BCUT2D eigenvalue weighted by Crippen LogP contribution is 2.37. The van der Waals surface area contributed by atoms with E-state index in [4.69, 9.17) is 4.74 Å². The van der Waals surface area contributed by atoms with Gasteiger partial charge in [-0.05, 0) is 67.6 Å². The van der Waals surface area contributed by atoms with Crippen LogP contribution in [0.5, 0.6) is 0 Å². The topological polar surface area (TPSA) is 21.3 Å². The molecule has 1 atom stereocenters. The van der Waals surface area contributed by atoms with Gasteiger partial charge in [0.25, 0.3) is 0 Å². The maximum atomic E-state index is 5.13. The van der Waals surface area contributed by atoms with E-state index in [-0.39, 0.29) is 6.04 Å². The van der Waals surface area contributed by atoms with E-state index in [9.17, 15) is 0 Å². The molecular formula is C16H19Br2NOS. The molecule has 0 saturated carbocycles. The van der Waals surface area contributed by atoms with Crippen molar-refractivity contribution in [3.8, 4) is 0 Å². The standard InChI is InChI=1S/C16H19Br2NOS/c1-3-19-15(13-10-14(17)21-16(13)18)12-6-4-11(5-7-12)8-9-20-2/h4-7,10,15,19H,3,8-9H2,1-2H3. The molecule has 1 aromatic carbocycles. The molecule has 114 valence electrons. The number of hydrogen-bond acceptors (Lipinski definition) is 3. The van der Waals surface area contributed by atoms with Crippen LogP contribution in [0.25, 0.3) is 0 Å². The van der Waals surface area contributed by atoms with Crippen molar-refractivity contribution in [3.63, 3.8) is 0 Å². The minimum absolute atomic E-state index is 0.211. The predicted octanol–water partition coefficient (Wildman–Crippen LogP) is 5.16. The fourth-order valence-corrected chi connectivity index (χ4v) is 5.16. The Bertz CT molecular complexity index is 568. The maximum Gasteiger partial charge on any atom is 0.0761 e. The van der Waals surface area contributed by atoms with Crippen molar-refractivity contribution in [2.75, 3.05) is 20.3 Å². The summed E-state index contributed by atoms with van der Waals surface area (Å²) in [4.78, 5) is 0. The second kappa shape index (κ2) is 8.44. The summed E-state index contributed by atoms with van der Waals surface area (Å²) < 4.78 is 7.44. The van der Waals surface area contributed by atoms with Gasteiger partial charge in [0, 0.05) is 7.11 Å². The van der Waals surface area contributed by atoms with Crippen LogP contribution in [-0.4, -0.2) is 20.3 Å². The first-order valence-corrected chi connectivity index (χ1v) is 9.31. The third-order valence-corrected chi connectivity index (χ3v) is 5.70. The van der Waals surface area contributed by atoms with Crippen LogP contribution in [0.1, 0.15) is 29.7 Å². The lowest BCUT2D eigenvalue weighted by atomic mass is 9.99. The lowest BCUT2D eigenvalue weighted by Gasteiger charge is -2.18. The van der Waals surface area contributed by atoms with Crippen LogP contribution >= 0.6 is 43.2 Å². The summed E-state index contributed by atoms with van der Waals surface area (Å²) >= 11 is 8.94. The van der Waals surface area contributed by atoms with Crippen molar-refractivity contribution >= 4 is 43.2 Å². The highest BCUT2D eigenvalue weighted by Gasteiger charge is 2.18. The van der Waals surface area contributed by atoms with E-state index in [1.54, 1.807) is 18.4 Å². The third kappa shape index (κ3) is 4.63. The molecule has 0 fully saturated rings. The molecule has 1 N–H and O–H groups in total. The number of hydrogen-bond donors (Lipinski definition) is 1. The average Bonchev–Trinajstić information content (AvgIpc) is 2.82. The summed E-state index contributed by atoms with van der Waals surface area (Å²) in [6, 6.07) is 11.2. The number of thiophene rings is 1. The molecule has 1 heterocycles. The molecule has 0 spiro atoms. The van der Waals surface area contributed by atoms with E-state index < -0.39 is 0 Å². The molecule has 5 heteroatoms. The number of rotatable bonds is 7. The van der Waals surface area contributed by atoms with Crippen molar-refractivity contribution in [2.24, 2.45) is 0 Å². The molecule has 2 aromatic rings. The fraction of sp³-hybridized carbons (Fsp3) is 0.375. The Labute approximate surface area is 147 Å². The summed E-state index contributed by atoms with van der Waals surface area (Å²) in [6.07, 6.45) is 0.955. The van der Waals surface area contributed by atoms with Crippen LogP contribution in [0.4, 0.5) is 0 Å². The van der Waals surface area contributed by atoms with Crippen molar-refractivity contribution in [1.29, 1.82) is 0 Å². The van der Waals surface area contributed by atoms with Gasteiger partial charge in [-0.15, -0.1) is 11.3 Å². The zero-order valence-electron chi connectivity index (χ0n) is 12.2. The maximum absolute atomic E-state index is 5.13. The molecule has 0 bridgehead atoms. The van der Waals surface area contributed by atoms with E-state index in [2.05, 4.69) is 74.4 Å². The number of nitrogens with one attached hydrogen (secondary N) is 1. The van der Waals surface area contributed by atoms with Crippen molar-refractivity contribution < 1.29 is 4.74 Å². The first-order valence-electron chi connectivity index (χ1n) is 6.91. The molecule has 0 aliphatic heterocycles. The summed E-state index contributed by atoms with van der Waals surface area (Å²) in [5.41, 5.74) is 3.86. The molecule has 0 aliphatic rings. The molecule has 1 unspecified atom stereocenters. The lowest BCUT2D eigenvalue weighted by molar-refractivity contribution is 0.202. The van der Waals surface area contributed by atoms with Gasteiger partial charge in [-0.3, -0.25) is 0 Å². The van der Waals surface area contributed by atoms with Gasteiger partial charge in [-0.25, -0.2) is 0 Å². The Morgan fingerprint density at radius 1 is 1.24 bits per heavy atom. The summed E-state index contributed by atoms with van der Waals surface area (Å²) in [5, 5.41) is 3.56. The van der Waals surface area contributed by atoms with Gasteiger partial charge in [0.2, 0.25) is 0 Å². The van der Waals surface area contributed by atoms with E-state index in [1.807, 2.05) is 0 Å². The van der Waals surface area contributed by atoms with Gasteiger partial charge in [0.05, 0.1) is 20.2 Å². The Kier molecular flexibility index (Phi) is 6.89. The normalized spacial score (nSPS) is 12.6. The van der Waals surface area contributed by atoms with E-state index in [0.717, 1.165) is 23.4 Å².